The average Bonchev–Trinajstić information content (AvgIpc) is 2.71. The first-order valence-corrected chi connectivity index (χ1v) is 8.95. The number of hydrogen-bond donors (Lipinski definition) is 0. The van der Waals surface area contributed by atoms with Crippen molar-refractivity contribution >= 4 is 17.7 Å². The molecule has 9 heteroatoms. The van der Waals surface area contributed by atoms with Crippen LogP contribution in [0.15, 0.2) is 12.1 Å². The third-order valence-corrected chi connectivity index (χ3v) is 4.30. The number of carbonyl (C=O) groups is 3. The summed E-state index contributed by atoms with van der Waals surface area (Å²) < 4.78 is 25.5. The third kappa shape index (κ3) is 5.83. The fourth-order valence-corrected chi connectivity index (χ4v) is 2.92. The summed E-state index contributed by atoms with van der Waals surface area (Å²) in [6.07, 6.45) is 0. The smallest absolute Gasteiger partial charge is 0.328 e. The van der Waals surface area contributed by atoms with Gasteiger partial charge in [0.2, 0.25) is 11.7 Å². The van der Waals surface area contributed by atoms with E-state index in [0.29, 0.717) is 17.2 Å². The molecule has 1 unspecified atom stereocenters. The van der Waals surface area contributed by atoms with Crippen molar-refractivity contribution in [3.8, 4) is 17.2 Å². The summed E-state index contributed by atoms with van der Waals surface area (Å²) in [7, 11) is 6.92. The van der Waals surface area contributed by atoms with Crippen molar-refractivity contribution < 1.29 is 38.1 Å². The van der Waals surface area contributed by atoms with Crippen LogP contribution >= 0.6 is 0 Å². The van der Waals surface area contributed by atoms with E-state index < -0.39 is 23.7 Å². The zero-order valence-electron chi connectivity index (χ0n) is 17.9. The molecule has 1 aromatic carbocycles. The first-order valence-electron chi connectivity index (χ1n) is 8.95. The van der Waals surface area contributed by atoms with Crippen LogP contribution in [0.1, 0.15) is 24.2 Å². The van der Waals surface area contributed by atoms with Crippen LogP contribution in [-0.4, -0.2) is 77.3 Å². The molecule has 9 nitrogen and oxygen atoms in total. The zero-order chi connectivity index (χ0) is 22.1. The third-order valence-electron chi connectivity index (χ3n) is 4.30. The van der Waals surface area contributed by atoms with Crippen LogP contribution in [0.4, 0.5) is 0 Å². The van der Waals surface area contributed by atoms with Crippen LogP contribution in [0.5, 0.6) is 17.2 Å². The molecule has 0 aromatic heterocycles. The van der Waals surface area contributed by atoms with Gasteiger partial charge >= 0.3 is 5.97 Å². The number of amides is 1. The molecule has 0 bridgehead atoms. The van der Waals surface area contributed by atoms with Crippen LogP contribution in [0.3, 0.4) is 0 Å². The maximum Gasteiger partial charge on any atom is 0.328 e. The Bertz CT molecular complexity index is 706. The topological polar surface area (TPSA) is 101 Å². The SMILES string of the molecule is COCC(=O)N(CC(=O)c1cc(OC)c(OC)c(OC)c1)C(C(=O)OC)C(C)C. The molecule has 162 valence electrons. The van der Waals surface area contributed by atoms with Crippen LogP contribution in [0.25, 0.3) is 0 Å². The summed E-state index contributed by atoms with van der Waals surface area (Å²) >= 11 is 0. The van der Waals surface area contributed by atoms with Gasteiger partial charge in [-0.15, -0.1) is 0 Å². The molecule has 29 heavy (non-hydrogen) atoms. The molecule has 0 aliphatic rings. The van der Waals surface area contributed by atoms with E-state index in [2.05, 4.69) is 0 Å². The van der Waals surface area contributed by atoms with Gasteiger partial charge in [-0.05, 0) is 18.1 Å². The predicted molar refractivity (Wildman–Crippen MR) is 105 cm³/mol. The Morgan fingerprint density at radius 2 is 1.48 bits per heavy atom. The van der Waals surface area contributed by atoms with Gasteiger partial charge in [-0.1, -0.05) is 13.8 Å². The second-order valence-electron chi connectivity index (χ2n) is 6.50. The molecule has 1 amide bonds. The van der Waals surface area contributed by atoms with Crippen LogP contribution in [0, 0.1) is 5.92 Å². The molecule has 0 aliphatic heterocycles. The number of rotatable bonds is 11. The molecule has 1 atom stereocenters. The van der Waals surface area contributed by atoms with E-state index in [1.54, 1.807) is 13.8 Å². The lowest BCUT2D eigenvalue weighted by atomic mass is 10.0. The van der Waals surface area contributed by atoms with Crippen molar-refractivity contribution in [2.75, 3.05) is 48.7 Å². The lowest BCUT2D eigenvalue weighted by Gasteiger charge is -2.31. The Morgan fingerprint density at radius 1 is 0.931 bits per heavy atom. The molecule has 0 N–H and O–H groups in total. The number of methoxy groups -OCH3 is 5. The molecule has 0 radical (unpaired) electrons. The minimum atomic E-state index is -0.936. The highest BCUT2D eigenvalue weighted by atomic mass is 16.5. The van der Waals surface area contributed by atoms with Gasteiger partial charge < -0.3 is 28.6 Å². The number of ketones is 1. The molecular weight excluding hydrogens is 382 g/mol. The maximum atomic E-state index is 13.0. The lowest BCUT2D eigenvalue weighted by Crippen LogP contribution is -2.51. The average molecular weight is 411 g/mol. The van der Waals surface area contributed by atoms with E-state index in [-0.39, 0.29) is 24.6 Å². The van der Waals surface area contributed by atoms with E-state index >= 15 is 0 Å². The van der Waals surface area contributed by atoms with Crippen molar-refractivity contribution in [3.05, 3.63) is 17.7 Å². The fourth-order valence-electron chi connectivity index (χ4n) is 2.92. The van der Waals surface area contributed by atoms with E-state index in [1.165, 1.54) is 52.6 Å². The first-order chi connectivity index (χ1) is 13.7. The quantitative estimate of drug-likeness (QED) is 0.400. The highest BCUT2D eigenvalue weighted by Gasteiger charge is 2.35. The number of Topliss-reactive ketones (excluding diaryl/α,β-unsaturated/α-hetero) is 1. The Balaban J connectivity index is 3.33. The molecule has 0 spiro atoms. The summed E-state index contributed by atoms with van der Waals surface area (Å²) in [4.78, 5) is 39.0. The van der Waals surface area contributed by atoms with Gasteiger partial charge in [0.15, 0.2) is 17.3 Å². The van der Waals surface area contributed by atoms with E-state index in [4.69, 9.17) is 23.7 Å². The Hall–Kier alpha value is -2.81. The summed E-state index contributed by atoms with van der Waals surface area (Å²) in [6, 6.07) is 2.05. The normalized spacial score (nSPS) is 11.6. The number of nitrogens with zero attached hydrogens (tertiary/aromatic N) is 1. The maximum absolute atomic E-state index is 13.0. The van der Waals surface area contributed by atoms with Crippen molar-refractivity contribution in [2.45, 2.75) is 19.9 Å². The monoisotopic (exact) mass is 411 g/mol. The number of carbonyl (C=O) groups excluding carboxylic acids is 3. The van der Waals surface area contributed by atoms with E-state index in [0.717, 1.165) is 0 Å². The van der Waals surface area contributed by atoms with Crippen LogP contribution in [-0.2, 0) is 19.1 Å². The van der Waals surface area contributed by atoms with Crippen molar-refractivity contribution in [3.63, 3.8) is 0 Å². The second-order valence-corrected chi connectivity index (χ2v) is 6.50. The standard InChI is InChI=1S/C20H29NO8/c1-12(2)18(20(24)29-7)21(17(23)11-25-3)10-14(22)13-8-15(26-4)19(28-6)16(9-13)27-5/h8-9,12,18H,10-11H2,1-7H3. The largest absolute Gasteiger partial charge is 0.493 e. The number of hydrogen-bond acceptors (Lipinski definition) is 8. The van der Waals surface area contributed by atoms with Gasteiger partial charge in [-0.25, -0.2) is 4.79 Å². The van der Waals surface area contributed by atoms with Crippen molar-refractivity contribution in [2.24, 2.45) is 5.92 Å². The summed E-state index contributed by atoms with van der Waals surface area (Å²) in [5, 5.41) is 0. The van der Waals surface area contributed by atoms with Gasteiger partial charge in [0.05, 0.1) is 35.0 Å². The lowest BCUT2D eigenvalue weighted by molar-refractivity contribution is -0.155. The summed E-state index contributed by atoms with van der Waals surface area (Å²) in [5.74, 6) is -0.857. The molecule has 0 fully saturated rings. The predicted octanol–water partition coefficient (Wildman–Crippen LogP) is 1.57. The number of esters is 1. The number of ether oxygens (including phenoxy) is 5. The molecule has 0 saturated heterocycles. The Morgan fingerprint density at radius 3 is 1.86 bits per heavy atom. The number of benzene rings is 1. The van der Waals surface area contributed by atoms with Crippen molar-refractivity contribution in [1.82, 2.24) is 4.90 Å². The van der Waals surface area contributed by atoms with Crippen LogP contribution in [0.2, 0.25) is 0 Å². The Kier molecular flexibility index (Phi) is 9.40. The zero-order valence-corrected chi connectivity index (χ0v) is 17.9. The second kappa shape index (κ2) is 11.3. The highest BCUT2D eigenvalue weighted by molar-refractivity contribution is 6.01. The molecule has 0 saturated carbocycles. The van der Waals surface area contributed by atoms with Gasteiger partial charge in [-0.2, -0.15) is 0 Å². The van der Waals surface area contributed by atoms with Gasteiger partial charge in [0, 0.05) is 12.7 Å². The fraction of sp³-hybridized carbons (Fsp3) is 0.550. The molecular formula is C20H29NO8. The highest BCUT2D eigenvalue weighted by Crippen LogP contribution is 2.38. The minimum absolute atomic E-state index is 0.238. The van der Waals surface area contributed by atoms with E-state index in [1.807, 2.05) is 0 Å². The van der Waals surface area contributed by atoms with Crippen LogP contribution < -0.4 is 14.2 Å². The van der Waals surface area contributed by atoms with Gasteiger partial charge in [0.25, 0.3) is 0 Å². The van der Waals surface area contributed by atoms with E-state index in [9.17, 15) is 14.4 Å². The Labute approximate surface area is 170 Å². The molecule has 1 aromatic rings. The first kappa shape index (κ1) is 24.2. The minimum Gasteiger partial charge on any atom is -0.493 e. The van der Waals surface area contributed by atoms with Crippen molar-refractivity contribution in [1.29, 1.82) is 0 Å². The van der Waals surface area contributed by atoms with Gasteiger partial charge in [-0.3, -0.25) is 9.59 Å². The molecule has 1 rings (SSSR count). The molecule has 0 aliphatic carbocycles. The summed E-state index contributed by atoms with van der Waals surface area (Å²) in [6.45, 7) is 2.90. The summed E-state index contributed by atoms with van der Waals surface area (Å²) in [5.41, 5.74) is 0.238. The van der Waals surface area contributed by atoms with Gasteiger partial charge in [0.1, 0.15) is 12.6 Å². The molecule has 0 heterocycles.